The van der Waals surface area contributed by atoms with Crippen LogP contribution in [0, 0.1) is 0 Å². The number of hydrogen-bond donors (Lipinski definition) is 9. The van der Waals surface area contributed by atoms with Crippen LogP contribution in [0.2, 0.25) is 0 Å². The van der Waals surface area contributed by atoms with Crippen LogP contribution in [0.1, 0.15) is 476 Å². The van der Waals surface area contributed by atoms with E-state index < -0.39 is 86.8 Å². The highest BCUT2D eigenvalue weighted by atomic mass is 16.7. The summed E-state index contributed by atoms with van der Waals surface area (Å²) < 4.78 is 23.0. The van der Waals surface area contributed by atoms with Gasteiger partial charge in [-0.3, -0.25) is 4.79 Å². The monoisotopic (exact) mass is 1480 g/mol. The van der Waals surface area contributed by atoms with E-state index in [0.717, 1.165) is 51.4 Å². The van der Waals surface area contributed by atoms with E-state index in [1.54, 1.807) is 0 Å². The first kappa shape index (κ1) is 99.1. The zero-order chi connectivity index (χ0) is 75.1. The number of carbonyl (C=O) groups excluding carboxylic acids is 1. The molecular weight excluding hydrogens is 1300 g/mol. The molecule has 2 saturated heterocycles. The van der Waals surface area contributed by atoms with Crippen molar-refractivity contribution in [2.75, 3.05) is 19.8 Å². The van der Waals surface area contributed by atoms with Crippen molar-refractivity contribution < 1.29 is 64.6 Å². The third-order valence-corrected chi connectivity index (χ3v) is 23.3. The highest BCUT2D eigenvalue weighted by Gasteiger charge is 2.51. The highest BCUT2D eigenvalue weighted by molar-refractivity contribution is 5.76. The van der Waals surface area contributed by atoms with E-state index in [4.69, 9.17) is 18.9 Å². The topological polar surface area (TPSA) is 228 Å². The van der Waals surface area contributed by atoms with Crippen molar-refractivity contribution in [1.82, 2.24) is 5.32 Å². The summed E-state index contributed by atoms with van der Waals surface area (Å²) in [6.07, 6.45) is 79.2. The molecule has 620 valence electrons. The van der Waals surface area contributed by atoms with E-state index in [-0.39, 0.29) is 12.5 Å². The Morgan fingerprint density at radius 2 is 0.548 bits per heavy atom. The molecule has 0 aromatic heterocycles. The maximum Gasteiger partial charge on any atom is 0.220 e. The minimum Gasteiger partial charge on any atom is -0.394 e. The molecule has 14 nitrogen and oxygen atoms in total. The lowest BCUT2D eigenvalue weighted by molar-refractivity contribution is -0.359. The van der Waals surface area contributed by atoms with E-state index in [9.17, 15) is 45.6 Å². The van der Waals surface area contributed by atoms with Gasteiger partial charge in [0.1, 0.15) is 48.8 Å². The van der Waals surface area contributed by atoms with Crippen LogP contribution in [0.5, 0.6) is 0 Å². The van der Waals surface area contributed by atoms with Crippen molar-refractivity contribution in [3.05, 3.63) is 0 Å². The summed E-state index contributed by atoms with van der Waals surface area (Å²) in [5, 5.41) is 88.1. The Kier molecular flexibility index (Phi) is 71.2. The average Bonchev–Trinajstić information content (AvgIpc) is 0.791. The smallest absolute Gasteiger partial charge is 0.220 e. The van der Waals surface area contributed by atoms with E-state index >= 15 is 0 Å². The van der Waals surface area contributed by atoms with E-state index in [1.165, 1.54) is 398 Å². The quantitative estimate of drug-likeness (QED) is 0.0259. The van der Waals surface area contributed by atoms with Crippen molar-refractivity contribution >= 4 is 5.91 Å². The fraction of sp³-hybridized carbons (Fsp3) is 0.989. The molecule has 0 radical (unpaired) electrons. The Balaban J connectivity index is 1.53. The summed E-state index contributed by atoms with van der Waals surface area (Å²) >= 11 is 0. The number of aliphatic hydroxyl groups is 8. The predicted molar refractivity (Wildman–Crippen MR) is 434 cm³/mol. The minimum atomic E-state index is -1.78. The second kappa shape index (κ2) is 74.7. The molecule has 9 N–H and O–H groups in total. The first-order chi connectivity index (χ1) is 51.1. The predicted octanol–water partition coefficient (Wildman–Crippen LogP) is 22.6. The van der Waals surface area contributed by atoms with E-state index in [0.29, 0.717) is 12.8 Å². The van der Waals surface area contributed by atoms with Crippen LogP contribution in [0.25, 0.3) is 0 Å². The molecular formula is C90H177NO13. The van der Waals surface area contributed by atoms with Gasteiger partial charge in [0.15, 0.2) is 12.6 Å². The summed E-state index contributed by atoms with van der Waals surface area (Å²) in [7, 11) is 0. The van der Waals surface area contributed by atoms with Crippen molar-refractivity contribution in [3.63, 3.8) is 0 Å². The lowest BCUT2D eigenvalue weighted by Crippen LogP contribution is -2.65. The Morgan fingerprint density at radius 1 is 0.308 bits per heavy atom. The van der Waals surface area contributed by atoms with Crippen LogP contribution in [0.3, 0.4) is 0 Å². The molecule has 0 spiro atoms. The van der Waals surface area contributed by atoms with Gasteiger partial charge in [-0.05, 0) is 12.8 Å². The average molecular weight is 1480 g/mol. The van der Waals surface area contributed by atoms with Crippen molar-refractivity contribution in [3.8, 4) is 0 Å². The standard InChI is InChI=1S/C90H177NO13/c1-3-5-7-9-11-13-15-17-19-21-23-25-27-29-31-33-35-36-37-38-39-40-41-42-44-46-48-50-52-54-56-58-60-62-64-66-68-70-72-74-82(95)91-78(77-101-89-87(100)85(98)88(81(76-93)103-89)104-90-86(99)84(97)83(96)80(75-92)102-90)79(94)73-71-69-67-65-63-61-59-57-55-53-51-49-47-45-43-34-32-30-28-26-24-22-20-18-16-14-12-10-8-6-4-2/h78-81,83-90,92-94,96-100H,3-77H2,1-2H3,(H,91,95). The summed E-state index contributed by atoms with van der Waals surface area (Å²) in [6, 6.07) is -0.827. The number of carbonyl (C=O) groups is 1. The zero-order valence-electron chi connectivity index (χ0n) is 68.6. The fourth-order valence-corrected chi connectivity index (χ4v) is 16.1. The molecule has 0 aromatic carbocycles. The number of rotatable bonds is 81. The Bertz CT molecular complexity index is 1750. The minimum absolute atomic E-state index is 0.193. The zero-order valence-corrected chi connectivity index (χ0v) is 68.6. The fourth-order valence-electron chi connectivity index (χ4n) is 16.1. The van der Waals surface area contributed by atoms with Crippen LogP contribution < -0.4 is 5.32 Å². The van der Waals surface area contributed by atoms with Gasteiger partial charge in [-0.15, -0.1) is 0 Å². The molecule has 0 aromatic rings. The third-order valence-electron chi connectivity index (χ3n) is 23.3. The Morgan fingerprint density at radius 3 is 0.817 bits per heavy atom. The Labute approximate surface area is 642 Å². The van der Waals surface area contributed by atoms with Crippen molar-refractivity contribution in [2.24, 2.45) is 0 Å². The van der Waals surface area contributed by atoms with Gasteiger partial charge in [0.25, 0.3) is 0 Å². The van der Waals surface area contributed by atoms with Crippen LogP contribution in [-0.2, 0) is 23.7 Å². The molecule has 2 aliphatic heterocycles. The summed E-state index contributed by atoms with van der Waals surface area (Å²) in [5.41, 5.74) is 0. The number of aliphatic hydroxyl groups excluding tert-OH is 8. The molecule has 0 bridgehead atoms. The number of unbranched alkanes of at least 4 members (excludes halogenated alkanes) is 68. The van der Waals surface area contributed by atoms with E-state index in [2.05, 4.69) is 19.2 Å². The van der Waals surface area contributed by atoms with Gasteiger partial charge < -0.3 is 65.1 Å². The number of amides is 1. The Hall–Kier alpha value is -1.01. The molecule has 0 saturated carbocycles. The van der Waals surface area contributed by atoms with Crippen LogP contribution in [0.15, 0.2) is 0 Å². The van der Waals surface area contributed by atoms with Gasteiger partial charge in [-0.1, -0.05) is 457 Å². The van der Waals surface area contributed by atoms with Crippen LogP contribution >= 0.6 is 0 Å². The molecule has 0 aliphatic carbocycles. The molecule has 2 rings (SSSR count). The van der Waals surface area contributed by atoms with Crippen molar-refractivity contribution in [2.45, 2.75) is 550 Å². The summed E-state index contributed by atoms with van der Waals surface area (Å²) in [5.74, 6) is -0.193. The summed E-state index contributed by atoms with van der Waals surface area (Å²) in [6.45, 7) is 2.96. The second-order valence-corrected chi connectivity index (χ2v) is 33.2. The molecule has 2 heterocycles. The molecule has 12 unspecified atom stereocenters. The van der Waals surface area contributed by atoms with Gasteiger partial charge in [-0.2, -0.15) is 0 Å². The molecule has 12 atom stereocenters. The van der Waals surface area contributed by atoms with Crippen molar-refractivity contribution in [1.29, 1.82) is 0 Å². The molecule has 14 heteroatoms. The molecule has 2 aliphatic rings. The lowest BCUT2D eigenvalue weighted by Gasteiger charge is -2.46. The first-order valence-corrected chi connectivity index (χ1v) is 46.3. The van der Waals surface area contributed by atoms with Gasteiger partial charge in [0, 0.05) is 6.42 Å². The second-order valence-electron chi connectivity index (χ2n) is 33.2. The van der Waals surface area contributed by atoms with Crippen LogP contribution in [0.4, 0.5) is 0 Å². The third kappa shape index (κ3) is 56.2. The number of nitrogens with one attached hydrogen (secondary N) is 1. The SMILES string of the molecule is CCCCCCCCCCCCCCCCCCCCCCCCCCCCCCCCCCCCCCCCCC(=O)NC(COC1OC(CO)C(OC2OC(CO)C(O)C(O)C2O)C(O)C1O)C(O)CCCCCCCCCCCCCCCCCCCCCCCCCCCCCCCCC. The molecule has 104 heavy (non-hydrogen) atoms. The van der Waals surface area contributed by atoms with Gasteiger partial charge in [0.2, 0.25) is 5.91 Å². The normalized spacial score (nSPS) is 21.3. The lowest BCUT2D eigenvalue weighted by atomic mass is 9.97. The molecule has 2 fully saturated rings. The van der Waals surface area contributed by atoms with Gasteiger partial charge in [0.05, 0.1) is 32.0 Å². The highest BCUT2D eigenvalue weighted by Crippen LogP contribution is 2.31. The largest absolute Gasteiger partial charge is 0.394 e. The maximum atomic E-state index is 13.4. The number of ether oxygens (including phenoxy) is 4. The van der Waals surface area contributed by atoms with Crippen LogP contribution in [-0.4, -0.2) is 140 Å². The van der Waals surface area contributed by atoms with Gasteiger partial charge >= 0.3 is 0 Å². The molecule has 1 amide bonds. The number of hydrogen-bond acceptors (Lipinski definition) is 13. The maximum absolute atomic E-state index is 13.4. The summed E-state index contributed by atoms with van der Waals surface area (Å²) in [4.78, 5) is 13.4. The first-order valence-electron chi connectivity index (χ1n) is 46.3. The van der Waals surface area contributed by atoms with Gasteiger partial charge in [-0.25, -0.2) is 0 Å². The van der Waals surface area contributed by atoms with E-state index in [1.807, 2.05) is 0 Å².